The zero-order chi connectivity index (χ0) is 20.8. The van der Waals surface area contributed by atoms with E-state index in [2.05, 4.69) is 24.4 Å². The van der Waals surface area contributed by atoms with Crippen LogP contribution in [0.1, 0.15) is 64.7 Å². The lowest BCUT2D eigenvalue weighted by Gasteiger charge is -2.19. The maximum Gasteiger partial charge on any atom is 0.256 e. The second kappa shape index (κ2) is 15.0. The van der Waals surface area contributed by atoms with Gasteiger partial charge in [0.15, 0.2) is 0 Å². The molecule has 1 fully saturated rings. The number of unbranched alkanes of at least 4 members (excludes halogenated alkanes) is 4. The zero-order valence-corrected chi connectivity index (χ0v) is 18.2. The molecule has 6 heteroatoms. The lowest BCUT2D eigenvalue weighted by atomic mass is 9.89. The Morgan fingerprint density at radius 1 is 1.18 bits per heavy atom. The Labute approximate surface area is 175 Å². The Balaban J connectivity index is 2.35. The first-order valence-electron chi connectivity index (χ1n) is 10.7. The van der Waals surface area contributed by atoms with Crippen LogP contribution in [0.2, 0.25) is 0 Å². The SMILES string of the molecule is CCCCC[C@H](O)/C=C/[C@@H]1[C@@H](C/C=C\CCCCOC(=S)NC)[C@@H](O)C[C@H]1O. The zero-order valence-electron chi connectivity index (χ0n) is 17.4. The number of aliphatic hydroxyl groups excluding tert-OH is 3. The van der Waals surface area contributed by atoms with Crippen LogP contribution in [0, 0.1) is 11.8 Å². The number of hydrogen-bond donors (Lipinski definition) is 4. The molecule has 0 saturated heterocycles. The Morgan fingerprint density at radius 2 is 1.96 bits per heavy atom. The Hall–Kier alpha value is -0.950. The molecular formula is C22H39NO4S. The standard InChI is InChI=1S/C22H39NO4S/c1-3-4-8-11-17(24)13-14-19-18(20(25)16-21(19)26)12-9-6-5-7-10-15-27-22(28)23-2/h6,9,13-14,17-21,24-26H,3-5,7-8,10-12,15-16H2,1-2H3,(H,23,28)/b9-6-,14-13+/t17-,18+,19+,20-,21+/m0/s1. The van der Waals surface area contributed by atoms with Gasteiger partial charge in [-0.05, 0) is 50.2 Å². The van der Waals surface area contributed by atoms with Crippen LogP contribution >= 0.6 is 12.2 Å². The first kappa shape index (κ1) is 25.1. The highest BCUT2D eigenvalue weighted by Gasteiger charge is 2.39. The van der Waals surface area contributed by atoms with Crippen LogP contribution < -0.4 is 5.32 Å². The largest absolute Gasteiger partial charge is 0.471 e. The van der Waals surface area contributed by atoms with E-state index in [0.717, 1.165) is 51.4 Å². The highest BCUT2D eigenvalue weighted by Crippen LogP contribution is 2.36. The fourth-order valence-electron chi connectivity index (χ4n) is 3.64. The fourth-order valence-corrected chi connectivity index (χ4v) is 3.72. The highest BCUT2D eigenvalue weighted by molar-refractivity contribution is 7.80. The summed E-state index contributed by atoms with van der Waals surface area (Å²) in [4.78, 5) is 0. The molecule has 0 bridgehead atoms. The van der Waals surface area contributed by atoms with E-state index in [1.807, 2.05) is 6.08 Å². The molecule has 1 saturated carbocycles. The monoisotopic (exact) mass is 413 g/mol. The van der Waals surface area contributed by atoms with Gasteiger partial charge in [-0.15, -0.1) is 0 Å². The number of thiocarbonyl (C=S) groups is 1. The van der Waals surface area contributed by atoms with E-state index in [4.69, 9.17) is 17.0 Å². The molecule has 5 nitrogen and oxygen atoms in total. The second-order valence-electron chi connectivity index (χ2n) is 7.65. The van der Waals surface area contributed by atoms with E-state index in [1.54, 1.807) is 13.1 Å². The van der Waals surface area contributed by atoms with E-state index in [9.17, 15) is 15.3 Å². The molecule has 28 heavy (non-hydrogen) atoms. The summed E-state index contributed by atoms with van der Waals surface area (Å²) >= 11 is 4.92. The third-order valence-corrected chi connectivity index (χ3v) is 5.67. The molecule has 0 unspecified atom stereocenters. The van der Waals surface area contributed by atoms with E-state index < -0.39 is 18.3 Å². The van der Waals surface area contributed by atoms with E-state index in [-0.39, 0.29) is 11.8 Å². The van der Waals surface area contributed by atoms with Crippen LogP contribution in [-0.4, -0.2) is 52.5 Å². The van der Waals surface area contributed by atoms with Crippen molar-refractivity contribution in [2.45, 2.75) is 83.0 Å². The smallest absolute Gasteiger partial charge is 0.256 e. The summed E-state index contributed by atoms with van der Waals surface area (Å²) in [5.41, 5.74) is 0. The van der Waals surface area contributed by atoms with Crippen molar-refractivity contribution < 1.29 is 20.1 Å². The van der Waals surface area contributed by atoms with Gasteiger partial charge in [0.05, 0.1) is 24.9 Å². The summed E-state index contributed by atoms with van der Waals surface area (Å²) in [5, 5.41) is 33.8. The van der Waals surface area contributed by atoms with Crippen molar-refractivity contribution in [2.24, 2.45) is 11.8 Å². The molecule has 0 amide bonds. The molecule has 1 rings (SSSR count). The van der Waals surface area contributed by atoms with Crippen molar-refractivity contribution in [3.05, 3.63) is 24.3 Å². The van der Waals surface area contributed by atoms with Gasteiger partial charge in [0.25, 0.3) is 5.17 Å². The maximum atomic E-state index is 10.3. The minimum Gasteiger partial charge on any atom is -0.471 e. The Kier molecular flexibility index (Phi) is 13.4. The van der Waals surface area contributed by atoms with Crippen LogP contribution in [0.3, 0.4) is 0 Å². The quantitative estimate of drug-likeness (QED) is 0.210. The van der Waals surface area contributed by atoms with Crippen LogP contribution in [0.15, 0.2) is 24.3 Å². The van der Waals surface area contributed by atoms with Crippen LogP contribution in [0.5, 0.6) is 0 Å². The molecule has 0 aromatic carbocycles. The lowest BCUT2D eigenvalue weighted by molar-refractivity contribution is 0.120. The molecule has 5 atom stereocenters. The Morgan fingerprint density at radius 3 is 2.68 bits per heavy atom. The molecule has 0 aliphatic heterocycles. The van der Waals surface area contributed by atoms with Gasteiger partial charge < -0.3 is 25.4 Å². The van der Waals surface area contributed by atoms with Crippen LogP contribution in [0.4, 0.5) is 0 Å². The van der Waals surface area contributed by atoms with Crippen molar-refractivity contribution in [1.82, 2.24) is 5.32 Å². The third-order valence-electron chi connectivity index (χ3n) is 5.35. The first-order chi connectivity index (χ1) is 13.5. The molecule has 0 heterocycles. The topological polar surface area (TPSA) is 82.0 Å². The number of rotatable bonds is 13. The third kappa shape index (κ3) is 10.0. The van der Waals surface area contributed by atoms with Gasteiger partial charge in [-0.1, -0.05) is 50.5 Å². The predicted octanol–water partition coefficient (Wildman–Crippen LogP) is 3.48. The minimum absolute atomic E-state index is 0.00155. The average Bonchev–Trinajstić information content (AvgIpc) is 2.94. The second-order valence-corrected chi connectivity index (χ2v) is 8.02. The molecule has 162 valence electrons. The lowest BCUT2D eigenvalue weighted by Crippen LogP contribution is -2.20. The summed E-state index contributed by atoms with van der Waals surface area (Å²) in [6.07, 6.45) is 14.5. The van der Waals surface area contributed by atoms with Gasteiger partial charge in [0, 0.05) is 19.4 Å². The van der Waals surface area contributed by atoms with Crippen LogP contribution in [0.25, 0.3) is 0 Å². The predicted molar refractivity (Wildman–Crippen MR) is 118 cm³/mol. The number of ether oxygens (including phenoxy) is 1. The van der Waals surface area contributed by atoms with E-state index in [0.29, 0.717) is 18.2 Å². The summed E-state index contributed by atoms with van der Waals surface area (Å²) in [6.45, 7) is 2.76. The summed E-state index contributed by atoms with van der Waals surface area (Å²) < 4.78 is 5.30. The van der Waals surface area contributed by atoms with Gasteiger partial charge in [0.1, 0.15) is 0 Å². The summed E-state index contributed by atoms with van der Waals surface area (Å²) in [5.74, 6) is -0.0990. The molecule has 0 aromatic rings. The number of nitrogens with one attached hydrogen (secondary N) is 1. The van der Waals surface area contributed by atoms with E-state index in [1.165, 1.54) is 0 Å². The molecule has 0 radical (unpaired) electrons. The Bertz CT molecular complexity index is 483. The molecule has 1 aliphatic rings. The van der Waals surface area contributed by atoms with Crippen molar-refractivity contribution in [3.8, 4) is 0 Å². The maximum absolute atomic E-state index is 10.3. The molecule has 0 aromatic heterocycles. The number of aliphatic hydroxyl groups is 3. The molecule has 1 aliphatic carbocycles. The molecular weight excluding hydrogens is 374 g/mol. The van der Waals surface area contributed by atoms with Gasteiger partial charge in [-0.3, -0.25) is 0 Å². The summed E-state index contributed by atoms with van der Waals surface area (Å²) in [7, 11) is 1.75. The van der Waals surface area contributed by atoms with Crippen molar-refractivity contribution >= 4 is 17.4 Å². The average molecular weight is 414 g/mol. The van der Waals surface area contributed by atoms with Gasteiger partial charge in [0.2, 0.25) is 0 Å². The highest BCUT2D eigenvalue weighted by atomic mass is 32.1. The van der Waals surface area contributed by atoms with Gasteiger partial charge in [-0.25, -0.2) is 0 Å². The van der Waals surface area contributed by atoms with Gasteiger partial charge in [-0.2, -0.15) is 0 Å². The summed E-state index contributed by atoms with van der Waals surface area (Å²) in [6, 6.07) is 0. The van der Waals surface area contributed by atoms with Gasteiger partial charge >= 0.3 is 0 Å². The number of allylic oxidation sites excluding steroid dienone is 2. The van der Waals surface area contributed by atoms with E-state index >= 15 is 0 Å². The van der Waals surface area contributed by atoms with Crippen molar-refractivity contribution in [1.29, 1.82) is 0 Å². The normalized spacial score (nSPS) is 26.2. The molecule has 4 N–H and O–H groups in total. The van der Waals surface area contributed by atoms with Crippen LogP contribution in [-0.2, 0) is 4.74 Å². The first-order valence-corrected chi connectivity index (χ1v) is 11.1. The van der Waals surface area contributed by atoms with Crippen molar-refractivity contribution in [2.75, 3.05) is 13.7 Å². The fraction of sp³-hybridized carbons (Fsp3) is 0.773. The minimum atomic E-state index is -0.541. The molecule has 0 spiro atoms. The van der Waals surface area contributed by atoms with Crippen molar-refractivity contribution in [3.63, 3.8) is 0 Å². The number of hydrogen-bond acceptors (Lipinski definition) is 5.